The molecule has 7 nitrogen and oxygen atoms in total. The van der Waals surface area contributed by atoms with Crippen LogP contribution in [0.15, 0.2) is 60.1 Å². The molecule has 170 valence electrons. The van der Waals surface area contributed by atoms with Gasteiger partial charge in [0.1, 0.15) is 12.7 Å². The van der Waals surface area contributed by atoms with E-state index in [4.69, 9.17) is 4.74 Å². The molecule has 0 amide bonds. The Morgan fingerprint density at radius 1 is 1.25 bits per heavy atom. The van der Waals surface area contributed by atoms with Crippen molar-refractivity contribution in [1.29, 1.82) is 0 Å². The summed E-state index contributed by atoms with van der Waals surface area (Å²) in [4.78, 5) is 8.23. The van der Waals surface area contributed by atoms with Crippen LogP contribution in [0.4, 0.5) is 4.39 Å². The van der Waals surface area contributed by atoms with Crippen molar-refractivity contribution in [3.63, 3.8) is 0 Å². The molecule has 1 aliphatic rings. The van der Waals surface area contributed by atoms with E-state index in [-0.39, 0.29) is 35.8 Å². The predicted octanol–water partition coefficient (Wildman–Crippen LogP) is 4.24. The maximum atomic E-state index is 14.4. The molecule has 1 unspecified atom stereocenters. The molecule has 2 aromatic carbocycles. The van der Waals surface area contributed by atoms with Crippen molar-refractivity contribution >= 4 is 29.9 Å². The molecule has 1 fully saturated rings. The summed E-state index contributed by atoms with van der Waals surface area (Å²) in [6.07, 6.45) is 5.53. The van der Waals surface area contributed by atoms with Gasteiger partial charge in [-0.2, -0.15) is 5.10 Å². The Hall–Kier alpha value is -2.69. The van der Waals surface area contributed by atoms with Crippen molar-refractivity contribution in [2.75, 3.05) is 13.7 Å². The van der Waals surface area contributed by atoms with Crippen LogP contribution < -0.4 is 15.4 Å². The Kier molecular flexibility index (Phi) is 8.43. The zero-order valence-electron chi connectivity index (χ0n) is 18.2. The van der Waals surface area contributed by atoms with Gasteiger partial charge < -0.3 is 15.4 Å². The van der Waals surface area contributed by atoms with Crippen LogP contribution in [0.25, 0.3) is 5.69 Å². The number of rotatable bonds is 8. The summed E-state index contributed by atoms with van der Waals surface area (Å²) in [7, 11) is 1.71. The van der Waals surface area contributed by atoms with E-state index in [2.05, 4.69) is 25.7 Å². The number of hydrogen-bond donors (Lipinski definition) is 2. The zero-order valence-corrected chi connectivity index (χ0v) is 20.5. The van der Waals surface area contributed by atoms with Gasteiger partial charge >= 0.3 is 0 Å². The summed E-state index contributed by atoms with van der Waals surface area (Å²) in [5.41, 5.74) is 2.88. The van der Waals surface area contributed by atoms with Gasteiger partial charge in [0, 0.05) is 13.6 Å². The summed E-state index contributed by atoms with van der Waals surface area (Å²) in [5.74, 6) is 1.22. The van der Waals surface area contributed by atoms with Crippen molar-refractivity contribution in [3.8, 4) is 11.4 Å². The first-order valence-corrected chi connectivity index (χ1v) is 10.5. The lowest BCUT2D eigenvalue weighted by molar-refractivity contribution is 0.285. The molecule has 1 saturated carbocycles. The monoisotopic (exact) mass is 550 g/mol. The standard InChI is InChI=1S/C23H27FN6O.HI/c1-16(19-7-10-22(21(24)11-19)31-13-18-3-4-18)29-23(25-2)27-12-17-5-8-20(9-6-17)30-15-26-14-28-30;/h5-11,14-16,18H,3-4,12-13H2,1-2H3,(H2,25,27,29);1H. The lowest BCUT2D eigenvalue weighted by atomic mass is 10.1. The van der Waals surface area contributed by atoms with Gasteiger partial charge in [0.25, 0.3) is 0 Å². The summed E-state index contributed by atoms with van der Waals surface area (Å²) >= 11 is 0. The summed E-state index contributed by atoms with van der Waals surface area (Å²) < 4.78 is 21.7. The summed E-state index contributed by atoms with van der Waals surface area (Å²) in [6.45, 7) is 3.17. The molecular weight excluding hydrogens is 522 g/mol. The summed E-state index contributed by atoms with van der Waals surface area (Å²) in [6, 6.07) is 13.0. The molecule has 1 aromatic heterocycles. The molecule has 1 heterocycles. The average Bonchev–Trinajstić information content (AvgIpc) is 3.46. The Labute approximate surface area is 204 Å². The van der Waals surface area contributed by atoms with Crippen LogP contribution in [0.3, 0.4) is 0 Å². The van der Waals surface area contributed by atoms with E-state index in [9.17, 15) is 4.39 Å². The second-order valence-corrected chi connectivity index (χ2v) is 7.74. The van der Waals surface area contributed by atoms with Crippen molar-refractivity contribution in [1.82, 2.24) is 25.4 Å². The van der Waals surface area contributed by atoms with E-state index >= 15 is 0 Å². The molecule has 0 saturated heterocycles. The SMILES string of the molecule is CN=C(NCc1ccc(-n2cncn2)cc1)NC(C)c1ccc(OCC2CC2)c(F)c1.I. The lowest BCUT2D eigenvalue weighted by Crippen LogP contribution is -2.38. The predicted molar refractivity (Wildman–Crippen MR) is 133 cm³/mol. The van der Waals surface area contributed by atoms with Gasteiger partial charge in [0.15, 0.2) is 17.5 Å². The van der Waals surface area contributed by atoms with E-state index in [1.165, 1.54) is 25.2 Å². The second kappa shape index (κ2) is 11.3. The fourth-order valence-corrected chi connectivity index (χ4v) is 3.17. The number of aromatic nitrogens is 3. The highest BCUT2D eigenvalue weighted by Crippen LogP contribution is 2.30. The first-order chi connectivity index (χ1) is 15.1. The minimum Gasteiger partial charge on any atom is -0.490 e. The minimum atomic E-state index is -0.331. The summed E-state index contributed by atoms with van der Waals surface area (Å²) in [5, 5.41) is 10.7. The Morgan fingerprint density at radius 3 is 2.66 bits per heavy atom. The van der Waals surface area contributed by atoms with E-state index in [0.29, 0.717) is 30.8 Å². The van der Waals surface area contributed by atoms with Crippen LogP contribution in [0.2, 0.25) is 0 Å². The molecule has 1 atom stereocenters. The van der Waals surface area contributed by atoms with Crippen LogP contribution in [0, 0.1) is 11.7 Å². The molecular formula is C23H28FIN6O. The first-order valence-electron chi connectivity index (χ1n) is 10.5. The Morgan fingerprint density at radius 2 is 2.03 bits per heavy atom. The van der Waals surface area contributed by atoms with Gasteiger partial charge in [-0.15, -0.1) is 24.0 Å². The molecule has 0 aliphatic heterocycles. The van der Waals surface area contributed by atoms with Gasteiger partial charge in [-0.3, -0.25) is 4.99 Å². The number of benzene rings is 2. The van der Waals surface area contributed by atoms with Gasteiger partial charge in [0.05, 0.1) is 18.3 Å². The third-order valence-corrected chi connectivity index (χ3v) is 5.28. The minimum absolute atomic E-state index is 0. The lowest BCUT2D eigenvalue weighted by Gasteiger charge is -2.19. The van der Waals surface area contributed by atoms with Gasteiger partial charge in [0.2, 0.25) is 0 Å². The Bertz CT molecular complexity index is 1020. The molecule has 9 heteroatoms. The molecule has 0 radical (unpaired) electrons. The van der Waals surface area contributed by atoms with Crippen LogP contribution >= 0.6 is 24.0 Å². The average molecular weight is 550 g/mol. The van der Waals surface area contributed by atoms with Gasteiger partial charge in [-0.1, -0.05) is 18.2 Å². The van der Waals surface area contributed by atoms with Gasteiger partial charge in [-0.25, -0.2) is 14.1 Å². The molecule has 4 rings (SSSR count). The number of aliphatic imine (C=N–C) groups is 1. The van der Waals surface area contributed by atoms with E-state index in [0.717, 1.165) is 16.8 Å². The van der Waals surface area contributed by atoms with Crippen molar-refractivity contribution in [3.05, 3.63) is 72.1 Å². The van der Waals surface area contributed by atoms with E-state index in [1.54, 1.807) is 24.1 Å². The smallest absolute Gasteiger partial charge is 0.191 e. The van der Waals surface area contributed by atoms with Crippen molar-refractivity contribution in [2.24, 2.45) is 10.9 Å². The maximum absolute atomic E-state index is 14.4. The third kappa shape index (κ3) is 6.41. The largest absolute Gasteiger partial charge is 0.490 e. The van der Waals surface area contributed by atoms with Gasteiger partial charge in [-0.05, 0) is 61.1 Å². The van der Waals surface area contributed by atoms with Crippen LogP contribution in [-0.4, -0.2) is 34.4 Å². The Balaban J connectivity index is 0.00000289. The molecule has 0 spiro atoms. The van der Waals surface area contributed by atoms with Crippen molar-refractivity contribution in [2.45, 2.75) is 32.4 Å². The second-order valence-electron chi connectivity index (χ2n) is 7.74. The van der Waals surface area contributed by atoms with E-state index < -0.39 is 0 Å². The number of guanidine groups is 1. The molecule has 0 bridgehead atoms. The number of halogens is 2. The molecule has 1 aliphatic carbocycles. The molecule has 32 heavy (non-hydrogen) atoms. The number of hydrogen-bond acceptors (Lipinski definition) is 4. The highest BCUT2D eigenvalue weighted by molar-refractivity contribution is 14.0. The maximum Gasteiger partial charge on any atom is 0.191 e. The normalized spacial score (nSPS) is 14.4. The highest BCUT2D eigenvalue weighted by atomic mass is 127. The third-order valence-electron chi connectivity index (χ3n) is 5.28. The zero-order chi connectivity index (χ0) is 21.6. The first kappa shape index (κ1) is 24.0. The number of nitrogens with one attached hydrogen (secondary N) is 2. The quantitative estimate of drug-likeness (QED) is 0.250. The topological polar surface area (TPSA) is 76.4 Å². The fourth-order valence-electron chi connectivity index (χ4n) is 3.17. The van der Waals surface area contributed by atoms with E-state index in [1.807, 2.05) is 37.3 Å². The van der Waals surface area contributed by atoms with Crippen molar-refractivity contribution < 1.29 is 9.13 Å². The van der Waals surface area contributed by atoms with Crippen LogP contribution in [0.1, 0.15) is 36.9 Å². The van der Waals surface area contributed by atoms with Crippen LogP contribution in [0.5, 0.6) is 5.75 Å². The highest BCUT2D eigenvalue weighted by Gasteiger charge is 2.22. The molecule has 2 N–H and O–H groups in total. The number of ether oxygens (including phenoxy) is 1. The molecule has 3 aromatic rings. The van der Waals surface area contributed by atoms with Crippen LogP contribution in [-0.2, 0) is 6.54 Å². The fraction of sp³-hybridized carbons (Fsp3) is 0.348. The number of nitrogens with zero attached hydrogens (tertiary/aromatic N) is 4.